The van der Waals surface area contributed by atoms with Gasteiger partial charge in [-0.2, -0.15) is 5.10 Å². The van der Waals surface area contributed by atoms with Crippen LogP contribution in [-0.4, -0.2) is 52.7 Å². The Bertz CT molecular complexity index is 1480. The molecule has 0 atom stereocenters. The zero-order chi connectivity index (χ0) is 30.1. The fraction of sp³-hybridized carbons (Fsp3) is 0.312. The summed E-state index contributed by atoms with van der Waals surface area (Å²) in [5.41, 5.74) is 3.39. The second kappa shape index (κ2) is 13.7. The Morgan fingerprint density at radius 1 is 0.905 bits per heavy atom. The van der Waals surface area contributed by atoms with Crippen LogP contribution in [0.1, 0.15) is 43.7 Å². The van der Waals surface area contributed by atoms with E-state index < -0.39 is 17.7 Å². The van der Waals surface area contributed by atoms with E-state index in [9.17, 15) is 9.59 Å². The molecule has 4 aromatic rings. The molecule has 0 saturated carbocycles. The summed E-state index contributed by atoms with van der Waals surface area (Å²) in [6.45, 7) is 8.13. The number of carbonyl (C=O) groups is 2. The Morgan fingerprint density at radius 3 is 2.19 bits per heavy atom. The minimum Gasteiger partial charge on any atom is -0.497 e. The molecule has 0 aliphatic carbocycles. The van der Waals surface area contributed by atoms with Crippen LogP contribution in [-0.2, 0) is 22.6 Å². The standard InChI is InChI=1S/C32H36N4O6/c1-6-40-30(37)29-27(23-9-13-26(14-10-23)41-21-22-7-11-25(39-5)12-8-22)28(24-15-17-33-18-16-24)35-36(29)20-19-34-31(38)42-32(2,3)4/h7-18H,6,19-21H2,1-5H3,(H,34,38). The molecule has 0 aliphatic rings. The van der Waals surface area contributed by atoms with Crippen molar-refractivity contribution in [2.75, 3.05) is 20.3 Å². The molecule has 1 N–H and O–H groups in total. The normalized spacial score (nSPS) is 11.1. The van der Waals surface area contributed by atoms with Crippen molar-refractivity contribution in [1.29, 1.82) is 0 Å². The van der Waals surface area contributed by atoms with Gasteiger partial charge in [0.15, 0.2) is 5.69 Å². The van der Waals surface area contributed by atoms with E-state index in [0.717, 1.165) is 22.4 Å². The van der Waals surface area contributed by atoms with Gasteiger partial charge >= 0.3 is 12.1 Å². The lowest BCUT2D eigenvalue weighted by Crippen LogP contribution is -2.34. The van der Waals surface area contributed by atoms with Gasteiger partial charge in [0.05, 0.1) is 20.3 Å². The largest absolute Gasteiger partial charge is 0.497 e. The van der Waals surface area contributed by atoms with Gasteiger partial charge in [0.2, 0.25) is 0 Å². The lowest BCUT2D eigenvalue weighted by molar-refractivity contribution is 0.0513. The maximum Gasteiger partial charge on any atom is 0.407 e. The SMILES string of the molecule is CCOC(=O)c1c(-c2ccc(OCc3ccc(OC)cc3)cc2)c(-c2ccncc2)nn1CCNC(=O)OC(C)(C)C. The highest BCUT2D eigenvalue weighted by Crippen LogP contribution is 2.36. The average Bonchev–Trinajstić information content (AvgIpc) is 3.36. The summed E-state index contributed by atoms with van der Waals surface area (Å²) >= 11 is 0. The van der Waals surface area contributed by atoms with Gasteiger partial charge in [0.1, 0.15) is 29.4 Å². The number of nitrogens with one attached hydrogen (secondary N) is 1. The lowest BCUT2D eigenvalue weighted by atomic mass is 9.99. The summed E-state index contributed by atoms with van der Waals surface area (Å²) < 4.78 is 23.5. The molecular weight excluding hydrogens is 536 g/mol. The Labute approximate surface area is 245 Å². The van der Waals surface area contributed by atoms with Crippen LogP contribution in [0.25, 0.3) is 22.4 Å². The van der Waals surface area contributed by atoms with E-state index >= 15 is 0 Å². The fourth-order valence-corrected chi connectivity index (χ4v) is 4.20. The number of ether oxygens (including phenoxy) is 4. The Kier molecular flexibility index (Phi) is 9.80. The number of alkyl carbamates (subject to hydrolysis) is 1. The van der Waals surface area contributed by atoms with E-state index in [0.29, 0.717) is 23.6 Å². The molecule has 0 radical (unpaired) electrons. The van der Waals surface area contributed by atoms with E-state index in [-0.39, 0.29) is 25.4 Å². The summed E-state index contributed by atoms with van der Waals surface area (Å²) in [4.78, 5) is 29.7. The van der Waals surface area contributed by atoms with E-state index in [4.69, 9.17) is 24.0 Å². The highest BCUT2D eigenvalue weighted by Gasteiger charge is 2.27. The van der Waals surface area contributed by atoms with Crippen molar-refractivity contribution in [2.45, 2.75) is 46.4 Å². The number of benzene rings is 2. The minimum absolute atomic E-state index is 0.191. The second-order valence-electron chi connectivity index (χ2n) is 10.3. The third-order valence-corrected chi connectivity index (χ3v) is 6.07. The summed E-state index contributed by atoms with van der Waals surface area (Å²) in [5.74, 6) is 0.941. The van der Waals surface area contributed by atoms with Crippen LogP contribution in [0.2, 0.25) is 0 Å². The molecule has 0 fully saturated rings. The van der Waals surface area contributed by atoms with Crippen LogP contribution in [0.3, 0.4) is 0 Å². The topological polar surface area (TPSA) is 114 Å². The van der Waals surface area contributed by atoms with Gasteiger partial charge in [0.25, 0.3) is 0 Å². The maximum absolute atomic E-state index is 13.3. The van der Waals surface area contributed by atoms with Crippen molar-refractivity contribution >= 4 is 12.1 Å². The number of amides is 1. The lowest BCUT2D eigenvalue weighted by Gasteiger charge is -2.19. The summed E-state index contributed by atoms with van der Waals surface area (Å²) in [6.07, 6.45) is 2.79. The average molecular weight is 573 g/mol. The van der Waals surface area contributed by atoms with E-state index in [1.165, 1.54) is 0 Å². The molecule has 10 nitrogen and oxygen atoms in total. The molecule has 1 amide bonds. The number of esters is 1. The molecule has 0 unspecified atom stereocenters. The number of methoxy groups -OCH3 is 1. The number of rotatable bonds is 11. The molecule has 220 valence electrons. The van der Waals surface area contributed by atoms with Gasteiger partial charge in [-0.1, -0.05) is 24.3 Å². The van der Waals surface area contributed by atoms with Crippen molar-refractivity contribution in [1.82, 2.24) is 20.1 Å². The first-order chi connectivity index (χ1) is 20.2. The smallest absolute Gasteiger partial charge is 0.407 e. The molecule has 2 aromatic carbocycles. The van der Waals surface area contributed by atoms with Gasteiger partial charge in [0, 0.05) is 30.1 Å². The van der Waals surface area contributed by atoms with Crippen molar-refractivity contribution in [3.05, 3.63) is 84.3 Å². The third kappa shape index (κ3) is 7.87. The van der Waals surface area contributed by atoms with Gasteiger partial charge in [-0.25, -0.2) is 9.59 Å². The number of hydrogen-bond donors (Lipinski definition) is 1. The molecule has 4 rings (SSSR count). The van der Waals surface area contributed by atoms with Crippen LogP contribution < -0.4 is 14.8 Å². The van der Waals surface area contributed by atoms with Crippen molar-refractivity contribution in [3.63, 3.8) is 0 Å². The number of aromatic nitrogens is 3. The van der Waals surface area contributed by atoms with Crippen molar-refractivity contribution < 1.29 is 28.5 Å². The monoisotopic (exact) mass is 572 g/mol. The van der Waals surface area contributed by atoms with Gasteiger partial charge in [-0.3, -0.25) is 9.67 Å². The number of nitrogens with zero attached hydrogens (tertiary/aromatic N) is 3. The molecule has 0 saturated heterocycles. The highest BCUT2D eigenvalue weighted by molar-refractivity contribution is 6.00. The fourth-order valence-electron chi connectivity index (χ4n) is 4.20. The first kappa shape index (κ1) is 30.1. The molecule has 42 heavy (non-hydrogen) atoms. The Hall–Kier alpha value is -4.86. The predicted molar refractivity (Wildman–Crippen MR) is 158 cm³/mol. The number of hydrogen-bond acceptors (Lipinski definition) is 8. The Balaban J connectivity index is 1.64. The third-order valence-electron chi connectivity index (χ3n) is 6.07. The van der Waals surface area contributed by atoms with Gasteiger partial charge in [-0.05, 0) is 75.2 Å². The summed E-state index contributed by atoms with van der Waals surface area (Å²) in [6, 6.07) is 18.8. The van der Waals surface area contributed by atoms with Gasteiger partial charge in [-0.15, -0.1) is 0 Å². The second-order valence-corrected chi connectivity index (χ2v) is 10.3. The molecule has 10 heteroatoms. The van der Waals surface area contributed by atoms with Crippen LogP contribution in [0, 0.1) is 0 Å². The molecule has 0 bridgehead atoms. The number of carbonyl (C=O) groups excluding carboxylic acids is 2. The highest BCUT2D eigenvalue weighted by atomic mass is 16.6. The van der Waals surface area contributed by atoms with Gasteiger partial charge < -0.3 is 24.3 Å². The molecule has 0 aliphatic heterocycles. The van der Waals surface area contributed by atoms with Crippen molar-refractivity contribution in [3.8, 4) is 33.9 Å². The van der Waals surface area contributed by atoms with E-state index in [1.54, 1.807) is 51.9 Å². The van der Waals surface area contributed by atoms with Crippen molar-refractivity contribution in [2.24, 2.45) is 0 Å². The Morgan fingerprint density at radius 2 is 1.57 bits per heavy atom. The predicted octanol–water partition coefficient (Wildman–Crippen LogP) is 5.90. The first-order valence-electron chi connectivity index (χ1n) is 13.7. The molecular formula is C32H36N4O6. The zero-order valence-corrected chi connectivity index (χ0v) is 24.5. The van der Waals surface area contributed by atoms with E-state index in [1.807, 2.05) is 60.7 Å². The summed E-state index contributed by atoms with van der Waals surface area (Å²) in [5, 5.41) is 7.53. The first-order valence-corrected chi connectivity index (χ1v) is 13.7. The number of pyridine rings is 1. The minimum atomic E-state index is -0.627. The maximum atomic E-state index is 13.3. The van der Waals surface area contributed by atoms with Crippen LogP contribution in [0.15, 0.2) is 73.1 Å². The zero-order valence-electron chi connectivity index (χ0n) is 24.5. The summed E-state index contributed by atoms with van der Waals surface area (Å²) in [7, 11) is 1.63. The quantitative estimate of drug-likeness (QED) is 0.221. The van der Waals surface area contributed by atoms with E-state index in [2.05, 4.69) is 10.3 Å². The van der Waals surface area contributed by atoms with Crippen LogP contribution in [0.4, 0.5) is 4.79 Å². The van der Waals surface area contributed by atoms with Crippen LogP contribution in [0.5, 0.6) is 11.5 Å². The molecule has 0 spiro atoms. The van der Waals surface area contributed by atoms with Crippen LogP contribution >= 0.6 is 0 Å². The molecule has 2 aromatic heterocycles. The molecule has 2 heterocycles.